The highest BCUT2D eigenvalue weighted by Gasteiger charge is 2.31. The zero-order chi connectivity index (χ0) is 12.1. The van der Waals surface area contributed by atoms with Crippen molar-refractivity contribution >= 4 is 0 Å². The monoisotopic (exact) mass is 234 g/mol. The number of piperidine rings is 1. The molecule has 1 heterocycles. The van der Waals surface area contributed by atoms with Crippen molar-refractivity contribution in [3.05, 3.63) is 40.8 Å². The molecule has 0 bridgehead atoms. The van der Waals surface area contributed by atoms with Crippen LogP contribution in [0.25, 0.3) is 0 Å². The third kappa shape index (κ3) is 3.27. The number of benzene rings is 1. The smallest absolute Gasteiger partial charge is 0.0686 e. The summed E-state index contributed by atoms with van der Waals surface area (Å²) in [4.78, 5) is 10.3. The Kier molecular flexibility index (Phi) is 3.74. The third-order valence-electron chi connectivity index (χ3n) is 3.51. The van der Waals surface area contributed by atoms with Gasteiger partial charge in [0.05, 0.1) is 10.9 Å². The number of hydrogen-bond acceptors (Lipinski definition) is 3. The van der Waals surface area contributed by atoms with Gasteiger partial charge in [0, 0.05) is 13.1 Å². The lowest BCUT2D eigenvalue weighted by Gasteiger charge is -2.35. The highest BCUT2D eigenvalue weighted by Crippen LogP contribution is 2.27. The lowest BCUT2D eigenvalue weighted by atomic mass is 9.86. The Morgan fingerprint density at radius 1 is 1.24 bits per heavy atom. The molecule has 1 aromatic rings. The van der Waals surface area contributed by atoms with E-state index in [2.05, 4.69) is 17.4 Å². The van der Waals surface area contributed by atoms with Gasteiger partial charge < -0.3 is 5.11 Å². The van der Waals surface area contributed by atoms with E-state index in [1.807, 2.05) is 18.2 Å². The maximum Gasteiger partial charge on any atom is 0.0686 e. The van der Waals surface area contributed by atoms with Crippen LogP contribution < -0.4 is 0 Å². The average Bonchev–Trinajstić information content (AvgIpc) is 2.39. The van der Waals surface area contributed by atoms with Gasteiger partial charge in [-0.15, -0.1) is 4.91 Å². The molecule has 92 valence electrons. The van der Waals surface area contributed by atoms with Gasteiger partial charge in [0.2, 0.25) is 0 Å². The fraction of sp³-hybridized carbons (Fsp3) is 0.538. The van der Waals surface area contributed by atoms with Crippen molar-refractivity contribution in [3.63, 3.8) is 0 Å². The first-order chi connectivity index (χ1) is 8.22. The van der Waals surface area contributed by atoms with Gasteiger partial charge in [0.1, 0.15) is 0 Å². The molecule has 0 aliphatic carbocycles. The molecule has 4 heteroatoms. The largest absolute Gasteiger partial charge is 0.390 e. The molecule has 0 atom stereocenters. The molecule has 1 saturated heterocycles. The Hall–Kier alpha value is -1.42. The van der Waals surface area contributed by atoms with Crippen LogP contribution in [0, 0.1) is 4.91 Å². The molecule has 4 nitrogen and oxygen atoms in total. The van der Waals surface area contributed by atoms with E-state index in [0.717, 1.165) is 12.8 Å². The van der Waals surface area contributed by atoms with Crippen LogP contribution in [0.5, 0.6) is 0 Å². The molecular formula is C13H18N2O2. The first-order valence-corrected chi connectivity index (χ1v) is 6.06. The number of nitroso groups, excluding NO2 is 1. The highest BCUT2D eigenvalue weighted by atomic mass is 16.3. The summed E-state index contributed by atoms with van der Waals surface area (Å²) in [6.45, 7) is 1.13. The van der Waals surface area contributed by atoms with E-state index in [4.69, 9.17) is 0 Å². The Morgan fingerprint density at radius 2 is 1.88 bits per heavy atom. The van der Waals surface area contributed by atoms with Crippen LogP contribution in [0.3, 0.4) is 0 Å². The zero-order valence-corrected chi connectivity index (χ0v) is 9.88. The van der Waals surface area contributed by atoms with Gasteiger partial charge in [0.15, 0.2) is 0 Å². The predicted molar refractivity (Wildman–Crippen MR) is 66.3 cm³/mol. The molecule has 0 radical (unpaired) electrons. The molecule has 1 aliphatic heterocycles. The fourth-order valence-corrected chi connectivity index (χ4v) is 2.26. The number of nitrogens with zero attached hydrogens (tertiary/aromatic N) is 2. The average molecular weight is 234 g/mol. The van der Waals surface area contributed by atoms with E-state index in [1.165, 1.54) is 10.6 Å². The van der Waals surface area contributed by atoms with Gasteiger partial charge in [-0.3, -0.25) is 5.01 Å². The molecular weight excluding hydrogens is 216 g/mol. The topological polar surface area (TPSA) is 52.9 Å². The van der Waals surface area contributed by atoms with E-state index in [-0.39, 0.29) is 0 Å². The quantitative estimate of drug-likeness (QED) is 0.812. The Bertz CT molecular complexity index is 359. The van der Waals surface area contributed by atoms with Gasteiger partial charge in [-0.2, -0.15) is 0 Å². The molecule has 17 heavy (non-hydrogen) atoms. The van der Waals surface area contributed by atoms with Crippen molar-refractivity contribution in [1.29, 1.82) is 0 Å². The van der Waals surface area contributed by atoms with Crippen molar-refractivity contribution < 1.29 is 5.11 Å². The third-order valence-corrected chi connectivity index (χ3v) is 3.51. The van der Waals surface area contributed by atoms with Crippen LogP contribution in [0.1, 0.15) is 24.8 Å². The molecule has 0 spiro atoms. The fourth-order valence-electron chi connectivity index (χ4n) is 2.26. The summed E-state index contributed by atoms with van der Waals surface area (Å²) < 4.78 is 0. The molecule has 1 aliphatic rings. The molecule has 0 unspecified atom stereocenters. The minimum Gasteiger partial charge on any atom is -0.390 e. The maximum atomic E-state index is 10.4. The minimum atomic E-state index is -0.628. The second kappa shape index (κ2) is 5.27. The summed E-state index contributed by atoms with van der Waals surface area (Å²) in [5.74, 6) is 0. The van der Waals surface area contributed by atoms with Gasteiger partial charge in [-0.1, -0.05) is 30.3 Å². The standard InChI is InChI=1S/C13H18N2O2/c16-13(8-10-15(14-17)11-9-13)7-6-12-4-2-1-3-5-12/h1-5,16H,6-11H2. The molecule has 1 fully saturated rings. The zero-order valence-electron chi connectivity index (χ0n) is 9.88. The van der Waals surface area contributed by atoms with Crippen molar-refractivity contribution in [1.82, 2.24) is 5.01 Å². The summed E-state index contributed by atoms with van der Waals surface area (Å²) in [5.41, 5.74) is 0.619. The summed E-state index contributed by atoms with van der Waals surface area (Å²) in [7, 11) is 0. The first-order valence-electron chi connectivity index (χ1n) is 6.06. The van der Waals surface area contributed by atoms with Crippen LogP contribution >= 0.6 is 0 Å². The van der Waals surface area contributed by atoms with Crippen LogP contribution in [0.2, 0.25) is 0 Å². The highest BCUT2D eigenvalue weighted by molar-refractivity contribution is 5.15. The molecule has 1 N–H and O–H groups in total. The van der Waals surface area contributed by atoms with E-state index < -0.39 is 5.60 Å². The van der Waals surface area contributed by atoms with E-state index >= 15 is 0 Å². The normalized spacial score (nSPS) is 19.0. The van der Waals surface area contributed by atoms with Gasteiger partial charge in [-0.25, -0.2) is 0 Å². The summed E-state index contributed by atoms with van der Waals surface area (Å²) in [6, 6.07) is 10.2. The van der Waals surface area contributed by atoms with E-state index in [9.17, 15) is 10.0 Å². The number of hydrogen-bond donors (Lipinski definition) is 1. The Morgan fingerprint density at radius 3 is 2.47 bits per heavy atom. The SMILES string of the molecule is O=NN1CCC(O)(CCc2ccccc2)CC1. The van der Waals surface area contributed by atoms with Crippen LogP contribution in [-0.4, -0.2) is 28.8 Å². The van der Waals surface area contributed by atoms with Gasteiger partial charge >= 0.3 is 0 Å². The summed E-state index contributed by atoms with van der Waals surface area (Å²) in [5, 5.41) is 14.8. The minimum absolute atomic E-state index is 0.564. The van der Waals surface area contributed by atoms with Crippen LogP contribution in [0.4, 0.5) is 0 Å². The molecule has 0 aromatic heterocycles. The number of aryl methyl sites for hydroxylation is 1. The van der Waals surface area contributed by atoms with Crippen molar-refractivity contribution in [2.75, 3.05) is 13.1 Å². The Balaban J connectivity index is 1.85. The second-order valence-electron chi connectivity index (χ2n) is 4.75. The van der Waals surface area contributed by atoms with Crippen molar-refractivity contribution in [2.24, 2.45) is 5.29 Å². The Labute approximate surface area is 101 Å². The maximum absolute atomic E-state index is 10.4. The van der Waals surface area contributed by atoms with Gasteiger partial charge in [0.25, 0.3) is 0 Å². The molecule has 2 rings (SSSR count). The van der Waals surface area contributed by atoms with Crippen molar-refractivity contribution in [3.8, 4) is 0 Å². The lowest BCUT2D eigenvalue weighted by Crippen LogP contribution is -2.42. The second-order valence-corrected chi connectivity index (χ2v) is 4.75. The number of aliphatic hydroxyl groups is 1. The summed E-state index contributed by atoms with van der Waals surface area (Å²) in [6.07, 6.45) is 2.90. The van der Waals surface area contributed by atoms with Crippen LogP contribution in [-0.2, 0) is 6.42 Å². The van der Waals surface area contributed by atoms with Crippen molar-refractivity contribution in [2.45, 2.75) is 31.3 Å². The predicted octanol–water partition coefficient (Wildman–Crippen LogP) is 2.13. The van der Waals surface area contributed by atoms with Gasteiger partial charge in [-0.05, 0) is 31.2 Å². The van der Waals surface area contributed by atoms with E-state index in [1.54, 1.807) is 0 Å². The number of rotatable bonds is 4. The first kappa shape index (κ1) is 12.0. The summed E-state index contributed by atoms with van der Waals surface area (Å²) >= 11 is 0. The molecule has 0 amide bonds. The molecule has 0 saturated carbocycles. The van der Waals surface area contributed by atoms with E-state index in [0.29, 0.717) is 25.9 Å². The van der Waals surface area contributed by atoms with Crippen LogP contribution in [0.15, 0.2) is 35.6 Å². The lowest BCUT2D eigenvalue weighted by molar-refractivity contribution is -0.0272. The molecule has 1 aromatic carbocycles.